The van der Waals surface area contributed by atoms with Gasteiger partial charge in [0.15, 0.2) is 0 Å². The molecule has 0 aliphatic carbocycles. The SMILES string of the molecule is CC(=O)Oc1ccc(CCC(=O)CCCCc2ccccc2)cc1. The van der Waals surface area contributed by atoms with Crippen LogP contribution in [-0.2, 0) is 22.4 Å². The second-order valence-electron chi connectivity index (χ2n) is 5.97. The predicted molar refractivity (Wildman–Crippen MR) is 95.1 cm³/mol. The average Bonchev–Trinajstić information content (AvgIpc) is 2.58. The molecule has 0 bridgehead atoms. The van der Waals surface area contributed by atoms with Crippen molar-refractivity contribution in [3.8, 4) is 5.75 Å². The number of benzene rings is 2. The number of ether oxygens (including phenoxy) is 1. The van der Waals surface area contributed by atoms with Crippen molar-refractivity contribution in [3.63, 3.8) is 0 Å². The van der Waals surface area contributed by atoms with Crippen LogP contribution in [-0.4, -0.2) is 11.8 Å². The Kier molecular flexibility index (Phi) is 7.21. The fraction of sp³-hybridized carbons (Fsp3) is 0.333. The third kappa shape index (κ3) is 6.78. The molecule has 2 aromatic carbocycles. The Labute approximate surface area is 143 Å². The van der Waals surface area contributed by atoms with Crippen molar-refractivity contribution in [1.29, 1.82) is 0 Å². The van der Waals surface area contributed by atoms with E-state index in [1.807, 2.05) is 30.3 Å². The second kappa shape index (κ2) is 9.66. The van der Waals surface area contributed by atoms with Crippen LogP contribution in [0.3, 0.4) is 0 Å². The summed E-state index contributed by atoms with van der Waals surface area (Å²) < 4.78 is 4.99. The van der Waals surface area contributed by atoms with Gasteiger partial charge in [-0.1, -0.05) is 42.5 Å². The summed E-state index contributed by atoms with van der Waals surface area (Å²) in [4.78, 5) is 22.8. The minimum absolute atomic E-state index is 0.312. The lowest BCUT2D eigenvalue weighted by molar-refractivity contribution is -0.131. The highest BCUT2D eigenvalue weighted by Gasteiger charge is 2.04. The van der Waals surface area contributed by atoms with Gasteiger partial charge < -0.3 is 4.74 Å². The molecule has 0 saturated heterocycles. The molecule has 0 atom stereocenters. The Balaban J connectivity index is 1.63. The molecule has 2 rings (SSSR count). The van der Waals surface area contributed by atoms with Gasteiger partial charge in [0, 0.05) is 19.8 Å². The van der Waals surface area contributed by atoms with Crippen molar-refractivity contribution in [2.75, 3.05) is 0 Å². The van der Waals surface area contributed by atoms with Crippen LogP contribution in [0.1, 0.15) is 43.7 Å². The quantitative estimate of drug-likeness (QED) is 0.387. The number of carbonyl (C=O) groups is 2. The number of unbranched alkanes of at least 4 members (excludes halogenated alkanes) is 1. The molecule has 0 N–H and O–H groups in total. The van der Waals surface area contributed by atoms with Crippen LogP contribution in [0.25, 0.3) is 0 Å². The summed E-state index contributed by atoms with van der Waals surface area (Å²) in [5.74, 6) is 0.527. The van der Waals surface area contributed by atoms with Crippen molar-refractivity contribution in [2.24, 2.45) is 0 Å². The standard InChI is InChI=1S/C21H24O3/c1-17(22)24-21-15-12-19(13-16-21)11-14-20(23)10-6-5-9-18-7-3-2-4-8-18/h2-4,7-8,12-13,15-16H,5-6,9-11,14H2,1H3. The minimum Gasteiger partial charge on any atom is -0.427 e. The molecular formula is C21H24O3. The molecule has 0 amide bonds. The summed E-state index contributed by atoms with van der Waals surface area (Å²) in [6, 6.07) is 17.7. The van der Waals surface area contributed by atoms with Crippen molar-refractivity contribution < 1.29 is 14.3 Å². The van der Waals surface area contributed by atoms with Crippen molar-refractivity contribution in [2.45, 2.75) is 45.4 Å². The first-order valence-electron chi connectivity index (χ1n) is 8.46. The van der Waals surface area contributed by atoms with Gasteiger partial charge in [-0.2, -0.15) is 0 Å². The Hall–Kier alpha value is -2.42. The highest BCUT2D eigenvalue weighted by molar-refractivity contribution is 5.78. The van der Waals surface area contributed by atoms with E-state index < -0.39 is 0 Å². The van der Waals surface area contributed by atoms with Crippen LogP contribution in [0.2, 0.25) is 0 Å². The molecule has 0 unspecified atom stereocenters. The minimum atomic E-state index is -0.326. The number of carbonyl (C=O) groups excluding carboxylic acids is 2. The third-order valence-corrected chi connectivity index (χ3v) is 3.89. The summed E-state index contributed by atoms with van der Waals surface area (Å²) in [5.41, 5.74) is 2.42. The summed E-state index contributed by atoms with van der Waals surface area (Å²) in [6.45, 7) is 1.38. The average molecular weight is 324 g/mol. The van der Waals surface area contributed by atoms with E-state index in [1.165, 1.54) is 12.5 Å². The van der Waals surface area contributed by atoms with Crippen molar-refractivity contribution >= 4 is 11.8 Å². The van der Waals surface area contributed by atoms with Gasteiger partial charge >= 0.3 is 5.97 Å². The van der Waals surface area contributed by atoms with Crippen LogP contribution in [0.5, 0.6) is 5.75 Å². The molecular weight excluding hydrogens is 300 g/mol. The summed E-state index contributed by atoms with van der Waals surface area (Å²) in [5, 5.41) is 0. The first-order chi connectivity index (χ1) is 11.6. The molecule has 0 saturated carbocycles. The number of Topliss-reactive ketones (excluding diaryl/α,β-unsaturated/α-hetero) is 1. The maximum Gasteiger partial charge on any atom is 0.308 e. The van der Waals surface area contributed by atoms with E-state index in [0.717, 1.165) is 31.2 Å². The van der Waals surface area contributed by atoms with Crippen molar-refractivity contribution in [3.05, 3.63) is 65.7 Å². The van der Waals surface area contributed by atoms with Crippen LogP contribution in [0, 0.1) is 0 Å². The van der Waals surface area contributed by atoms with E-state index in [0.29, 0.717) is 24.4 Å². The third-order valence-electron chi connectivity index (χ3n) is 3.89. The topological polar surface area (TPSA) is 43.4 Å². The first kappa shape index (κ1) is 17.9. The number of rotatable bonds is 9. The summed E-state index contributed by atoms with van der Waals surface area (Å²) >= 11 is 0. The van der Waals surface area contributed by atoms with Gasteiger partial charge in [-0.15, -0.1) is 0 Å². The predicted octanol–water partition coefficient (Wildman–Crippen LogP) is 4.53. The number of esters is 1. The number of hydrogen-bond donors (Lipinski definition) is 0. The van der Waals surface area contributed by atoms with Gasteiger partial charge in [0.1, 0.15) is 11.5 Å². The van der Waals surface area contributed by atoms with E-state index in [2.05, 4.69) is 12.1 Å². The van der Waals surface area contributed by atoms with Gasteiger partial charge in [-0.3, -0.25) is 9.59 Å². The van der Waals surface area contributed by atoms with Crippen LogP contribution in [0.4, 0.5) is 0 Å². The van der Waals surface area contributed by atoms with Gasteiger partial charge in [0.2, 0.25) is 0 Å². The van der Waals surface area contributed by atoms with E-state index in [1.54, 1.807) is 12.1 Å². The highest BCUT2D eigenvalue weighted by Crippen LogP contribution is 2.14. The smallest absolute Gasteiger partial charge is 0.308 e. The fourth-order valence-corrected chi connectivity index (χ4v) is 2.59. The zero-order chi connectivity index (χ0) is 17.2. The molecule has 0 radical (unpaired) electrons. The van der Waals surface area contributed by atoms with E-state index in [9.17, 15) is 9.59 Å². The van der Waals surface area contributed by atoms with Crippen molar-refractivity contribution in [1.82, 2.24) is 0 Å². The molecule has 24 heavy (non-hydrogen) atoms. The molecule has 0 aliphatic heterocycles. The lowest BCUT2D eigenvalue weighted by Crippen LogP contribution is -2.02. The monoisotopic (exact) mass is 324 g/mol. The maximum absolute atomic E-state index is 12.0. The lowest BCUT2D eigenvalue weighted by atomic mass is 10.0. The summed E-state index contributed by atoms with van der Waals surface area (Å²) in [7, 11) is 0. The van der Waals surface area contributed by atoms with Crippen LogP contribution in [0.15, 0.2) is 54.6 Å². The van der Waals surface area contributed by atoms with E-state index in [4.69, 9.17) is 4.74 Å². The number of ketones is 1. The molecule has 0 spiro atoms. The normalized spacial score (nSPS) is 10.4. The maximum atomic E-state index is 12.0. The Bertz CT molecular complexity index is 645. The van der Waals surface area contributed by atoms with E-state index in [-0.39, 0.29) is 5.97 Å². The zero-order valence-electron chi connectivity index (χ0n) is 14.2. The molecule has 3 heteroatoms. The molecule has 2 aromatic rings. The van der Waals surface area contributed by atoms with Crippen LogP contribution < -0.4 is 4.74 Å². The van der Waals surface area contributed by atoms with Gasteiger partial charge in [-0.25, -0.2) is 0 Å². The fourth-order valence-electron chi connectivity index (χ4n) is 2.59. The number of aryl methyl sites for hydroxylation is 2. The molecule has 3 nitrogen and oxygen atoms in total. The first-order valence-corrected chi connectivity index (χ1v) is 8.46. The highest BCUT2D eigenvalue weighted by atomic mass is 16.5. The molecule has 0 heterocycles. The lowest BCUT2D eigenvalue weighted by Gasteiger charge is -2.04. The zero-order valence-corrected chi connectivity index (χ0v) is 14.2. The van der Waals surface area contributed by atoms with Gasteiger partial charge in [-0.05, 0) is 48.9 Å². The second-order valence-corrected chi connectivity index (χ2v) is 5.97. The molecule has 0 aromatic heterocycles. The Morgan fingerprint density at radius 2 is 1.46 bits per heavy atom. The van der Waals surface area contributed by atoms with E-state index >= 15 is 0 Å². The Morgan fingerprint density at radius 1 is 0.792 bits per heavy atom. The van der Waals surface area contributed by atoms with Crippen LogP contribution >= 0.6 is 0 Å². The summed E-state index contributed by atoms with van der Waals surface area (Å²) in [6.07, 6.45) is 4.98. The molecule has 126 valence electrons. The van der Waals surface area contributed by atoms with Gasteiger partial charge in [0.25, 0.3) is 0 Å². The van der Waals surface area contributed by atoms with Gasteiger partial charge in [0.05, 0.1) is 0 Å². The Morgan fingerprint density at radius 3 is 2.12 bits per heavy atom. The number of hydrogen-bond acceptors (Lipinski definition) is 3. The molecule has 0 fully saturated rings. The molecule has 0 aliphatic rings. The largest absolute Gasteiger partial charge is 0.427 e.